The van der Waals surface area contributed by atoms with E-state index < -0.39 is 29.9 Å². The smallest absolute Gasteiger partial charge is 0.323 e. The minimum atomic E-state index is -1.26. The van der Waals surface area contributed by atoms with Crippen molar-refractivity contribution in [2.24, 2.45) is 0 Å². The normalized spacial score (nSPS) is 18.8. The van der Waals surface area contributed by atoms with Crippen LogP contribution in [0, 0.1) is 0 Å². The van der Waals surface area contributed by atoms with Crippen LogP contribution in [0.4, 0.5) is 10.5 Å². The van der Waals surface area contributed by atoms with E-state index in [4.69, 9.17) is 11.6 Å². The van der Waals surface area contributed by atoms with Gasteiger partial charge in [-0.1, -0.05) is 66.2 Å². The number of imide groups is 1. The monoisotopic (exact) mass is 407 g/mol. The molecule has 146 valence electrons. The molecule has 0 aromatic heterocycles. The van der Waals surface area contributed by atoms with Crippen LogP contribution in [0.2, 0.25) is 5.02 Å². The van der Waals surface area contributed by atoms with Gasteiger partial charge in [-0.2, -0.15) is 0 Å². The maximum absolute atomic E-state index is 13.2. The third-order valence-electron chi connectivity index (χ3n) is 5.05. The summed E-state index contributed by atoms with van der Waals surface area (Å²) >= 11 is 6.05. The molecular weight excluding hydrogens is 390 g/mol. The fourth-order valence-electron chi connectivity index (χ4n) is 3.58. The van der Waals surface area contributed by atoms with E-state index in [1.54, 1.807) is 31.2 Å². The molecule has 0 saturated carbocycles. The first-order valence-corrected chi connectivity index (χ1v) is 9.45. The quantitative estimate of drug-likeness (QED) is 0.644. The average Bonchev–Trinajstić information content (AvgIpc) is 2.93. The predicted octanol–water partition coefficient (Wildman–Crippen LogP) is 3.90. The molecule has 1 saturated heterocycles. The molecule has 7 heteroatoms. The topological polar surface area (TPSA) is 78.5 Å². The van der Waals surface area contributed by atoms with Gasteiger partial charge in [0.2, 0.25) is 5.91 Å². The van der Waals surface area contributed by atoms with Crippen LogP contribution in [0.15, 0.2) is 66.7 Å². The highest BCUT2D eigenvalue weighted by atomic mass is 35.5. The van der Waals surface area contributed by atoms with Gasteiger partial charge >= 0.3 is 6.03 Å². The Morgan fingerprint density at radius 3 is 2.52 bits per heavy atom. The van der Waals surface area contributed by atoms with Crippen molar-refractivity contribution in [1.29, 1.82) is 0 Å². The lowest BCUT2D eigenvalue weighted by Gasteiger charge is -2.24. The molecule has 1 atom stereocenters. The van der Waals surface area contributed by atoms with Crippen molar-refractivity contribution in [3.05, 3.63) is 77.3 Å². The molecule has 1 heterocycles. The standard InChI is InChI=1S/C22H18ClN3O3/c1-22(16-10-6-8-14-7-2-3-9-15(14)16)20(28)26(21(29)25-22)13-19(27)24-18-12-5-4-11-17(18)23/h2-12H,13H2,1H3,(H,24,27)(H,25,29)/t22-/m0/s1. The molecule has 4 amide bonds. The van der Waals surface area contributed by atoms with E-state index >= 15 is 0 Å². The molecule has 3 aromatic rings. The van der Waals surface area contributed by atoms with Crippen molar-refractivity contribution < 1.29 is 14.4 Å². The molecule has 2 N–H and O–H groups in total. The zero-order valence-corrected chi connectivity index (χ0v) is 16.4. The van der Waals surface area contributed by atoms with E-state index in [1.807, 2.05) is 42.5 Å². The number of carbonyl (C=O) groups is 3. The minimum absolute atomic E-state index is 0.374. The van der Waals surface area contributed by atoms with Gasteiger partial charge in [-0.15, -0.1) is 0 Å². The highest BCUT2D eigenvalue weighted by Gasteiger charge is 2.50. The Labute approximate surface area is 172 Å². The van der Waals surface area contributed by atoms with Crippen LogP contribution in [0.3, 0.4) is 0 Å². The highest BCUT2D eigenvalue weighted by molar-refractivity contribution is 6.33. The fraction of sp³-hybridized carbons (Fsp3) is 0.136. The number of anilines is 1. The van der Waals surface area contributed by atoms with Crippen LogP contribution in [-0.4, -0.2) is 29.3 Å². The first kappa shape index (κ1) is 19.0. The van der Waals surface area contributed by atoms with E-state index in [0.717, 1.165) is 15.7 Å². The van der Waals surface area contributed by atoms with Crippen molar-refractivity contribution in [2.45, 2.75) is 12.5 Å². The molecular formula is C22H18ClN3O3. The summed E-state index contributed by atoms with van der Waals surface area (Å²) in [6, 6.07) is 19.4. The van der Waals surface area contributed by atoms with E-state index in [2.05, 4.69) is 10.6 Å². The van der Waals surface area contributed by atoms with Crippen LogP contribution in [-0.2, 0) is 15.1 Å². The molecule has 3 aromatic carbocycles. The van der Waals surface area contributed by atoms with Crippen molar-refractivity contribution in [3.63, 3.8) is 0 Å². The molecule has 0 radical (unpaired) electrons. The third-order valence-corrected chi connectivity index (χ3v) is 5.38. The van der Waals surface area contributed by atoms with Gasteiger partial charge in [0.1, 0.15) is 12.1 Å². The van der Waals surface area contributed by atoms with Crippen molar-refractivity contribution in [1.82, 2.24) is 10.2 Å². The van der Waals surface area contributed by atoms with Gasteiger partial charge < -0.3 is 10.6 Å². The number of nitrogens with zero attached hydrogens (tertiary/aromatic N) is 1. The van der Waals surface area contributed by atoms with Gasteiger partial charge in [0.05, 0.1) is 10.7 Å². The predicted molar refractivity (Wildman–Crippen MR) is 112 cm³/mol. The number of fused-ring (bicyclic) bond motifs is 1. The summed E-state index contributed by atoms with van der Waals surface area (Å²) in [5.74, 6) is -0.989. The minimum Gasteiger partial charge on any atom is -0.323 e. The number of carbonyl (C=O) groups excluding carboxylic acids is 3. The lowest BCUT2D eigenvalue weighted by atomic mass is 9.88. The van der Waals surface area contributed by atoms with E-state index in [9.17, 15) is 14.4 Å². The number of rotatable bonds is 4. The van der Waals surface area contributed by atoms with Gasteiger partial charge in [0.15, 0.2) is 0 Å². The number of nitrogens with one attached hydrogen (secondary N) is 2. The molecule has 0 unspecified atom stereocenters. The average molecular weight is 408 g/mol. The number of halogens is 1. The van der Waals surface area contributed by atoms with Crippen molar-refractivity contribution in [2.75, 3.05) is 11.9 Å². The first-order valence-electron chi connectivity index (χ1n) is 9.07. The largest absolute Gasteiger partial charge is 0.325 e. The van der Waals surface area contributed by atoms with Gasteiger partial charge in [0, 0.05) is 0 Å². The van der Waals surface area contributed by atoms with Gasteiger partial charge in [-0.05, 0) is 35.4 Å². The van der Waals surface area contributed by atoms with Gasteiger partial charge in [-0.25, -0.2) is 4.79 Å². The molecule has 1 fully saturated rings. The summed E-state index contributed by atoms with van der Waals surface area (Å²) in [6.07, 6.45) is 0. The molecule has 0 spiro atoms. The number of hydrogen-bond acceptors (Lipinski definition) is 3. The Hall–Kier alpha value is -3.38. The Bertz CT molecular complexity index is 1140. The number of benzene rings is 3. The Kier molecular flexibility index (Phi) is 4.72. The Balaban J connectivity index is 1.60. The summed E-state index contributed by atoms with van der Waals surface area (Å²) in [5.41, 5.74) is -0.159. The second-order valence-electron chi connectivity index (χ2n) is 7.00. The third kappa shape index (κ3) is 3.32. The molecule has 0 bridgehead atoms. The molecule has 0 aliphatic carbocycles. The maximum atomic E-state index is 13.2. The second kappa shape index (κ2) is 7.22. The molecule has 1 aliphatic rings. The summed E-state index contributed by atoms with van der Waals surface area (Å²) in [7, 11) is 0. The summed E-state index contributed by atoms with van der Waals surface area (Å²) < 4.78 is 0. The number of amides is 4. The number of hydrogen-bond donors (Lipinski definition) is 2. The first-order chi connectivity index (χ1) is 13.9. The fourth-order valence-corrected chi connectivity index (χ4v) is 3.76. The van der Waals surface area contributed by atoms with E-state index in [1.165, 1.54) is 0 Å². The van der Waals surface area contributed by atoms with Crippen LogP contribution in [0.1, 0.15) is 12.5 Å². The van der Waals surface area contributed by atoms with E-state index in [0.29, 0.717) is 16.3 Å². The van der Waals surface area contributed by atoms with Gasteiger partial charge in [0.25, 0.3) is 5.91 Å². The number of para-hydroxylation sites is 1. The summed E-state index contributed by atoms with van der Waals surface area (Å²) in [6.45, 7) is 1.25. The molecule has 1 aliphatic heterocycles. The Morgan fingerprint density at radius 2 is 1.72 bits per heavy atom. The summed E-state index contributed by atoms with van der Waals surface area (Å²) in [5, 5.41) is 7.58. The number of urea groups is 1. The molecule has 29 heavy (non-hydrogen) atoms. The van der Waals surface area contributed by atoms with Crippen molar-refractivity contribution >= 4 is 45.9 Å². The highest BCUT2D eigenvalue weighted by Crippen LogP contribution is 2.33. The van der Waals surface area contributed by atoms with Crippen LogP contribution >= 0.6 is 11.6 Å². The van der Waals surface area contributed by atoms with Crippen molar-refractivity contribution in [3.8, 4) is 0 Å². The second-order valence-corrected chi connectivity index (χ2v) is 7.41. The van der Waals surface area contributed by atoms with Gasteiger partial charge in [-0.3, -0.25) is 14.5 Å². The lowest BCUT2D eigenvalue weighted by Crippen LogP contribution is -2.42. The van der Waals surface area contributed by atoms with E-state index in [-0.39, 0.29) is 0 Å². The molecule has 4 rings (SSSR count). The maximum Gasteiger partial charge on any atom is 0.325 e. The van der Waals surface area contributed by atoms with Crippen LogP contribution < -0.4 is 10.6 Å². The zero-order chi connectivity index (χ0) is 20.6. The van der Waals surface area contributed by atoms with Crippen LogP contribution in [0.25, 0.3) is 10.8 Å². The Morgan fingerprint density at radius 1 is 1.03 bits per heavy atom. The van der Waals surface area contributed by atoms with Crippen LogP contribution in [0.5, 0.6) is 0 Å². The zero-order valence-electron chi connectivity index (χ0n) is 15.6. The summed E-state index contributed by atoms with van der Waals surface area (Å²) in [4.78, 5) is 39.1. The SMILES string of the molecule is C[C@@]1(c2cccc3ccccc23)NC(=O)N(CC(=O)Nc2ccccc2Cl)C1=O. The molecule has 6 nitrogen and oxygen atoms in total. The lowest BCUT2D eigenvalue weighted by molar-refractivity contribution is -0.133.